The molecule has 0 spiro atoms. The Morgan fingerprint density at radius 2 is 1.21 bits per heavy atom. The summed E-state index contributed by atoms with van der Waals surface area (Å²) in [6, 6.07) is 15.1. The third kappa shape index (κ3) is 7.05. The normalized spacial score (nSPS) is 11.6. The molecular weight excluding hydrogens is 659 g/mol. The van der Waals surface area contributed by atoms with Crippen molar-refractivity contribution >= 4 is 11.6 Å². The molecule has 5 aromatic carbocycles. The topological polar surface area (TPSA) is 18.5 Å². The maximum atomic E-state index is 15.4. The Morgan fingerprint density at radius 1 is 0.638 bits per heavy atom. The highest BCUT2D eigenvalue weighted by Gasteiger charge is 2.42. The number of halogens is 10. The second-order valence-electron chi connectivity index (χ2n) is 10.4. The van der Waals surface area contributed by atoms with Crippen molar-refractivity contribution in [2.45, 2.75) is 25.9 Å². The molecule has 47 heavy (non-hydrogen) atoms. The van der Waals surface area contributed by atoms with Crippen LogP contribution in [-0.4, -0.2) is 6.86 Å². The van der Waals surface area contributed by atoms with Gasteiger partial charge in [0.1, 0.15) is 34.6 Å². The van der Waals surface area contributed by atoms with Crippen molar-refractivity contribution in [1.82, 2.24) is 0 Å². The summed E-state index contributed by atoms with van der Waals surface area (Å²) in [4.78, 5) is 0. The molecule has 5 aromatic rings. The summed E-state index contributed by atoms with van der Waals surface area (Å²) >= 11 is 6.26. The summed E-state index contributed by atoms with van der Waals surface area (Å²) in [6.07, 6.45) is -2.95. The van der Waals surface area contributed by atoms with Crippen LogP contribution < -0.4 is 9.47 Å². The van der Waals surface area contributed by atoms with Crippen LogP contribution in [0, 0.1) is 34.9 Å². The monoisotopic (exact) mass is 680 g/mol. The predicted octanol–water partition coefficient (Wildman–Crippen LogP) is 11.6. The average molecular weight is 681 g/mol. The van der Waals surface area contributed by atoms with E-state index >= 15 is 8.78 Å². The first-order valence-electron chi connectivity index (χ1n) is 14.0. The maximum Gasteiger partial charge on any atom is 0.432 e. The molecular formula is C35H22ClF9O2. The minimum Gasteiger partial charge on any atom is -0.457 e. The lowest BCUT2D eigenvalue weighted by molar-refractivity contribution is -0.189. The van der Waals surface area contributed by atoms with Crippen molar-refractivity contribution in [1.29, 1.82) is 0 Å². The van der Waals surface area contributed by atoms with Crippen LogP contribution in [0.25, 0.3) is 33.4 Å². The van der Waals surface area contributed by atoms with Crippen LogP contribution in [0.1, 0.15) is 24.5 Å². The van der Waals surface area contributed by atoms with E-state index in [9.17, 15) is 30.7 Å². The molecule has 0 aliphatic rings. The first-order chi connectivity index (χ1) is 22.3. The minimum atomic E-state index is -4.83. The lowest BCUT2D eigenvalue weighted by Crippen LogP contribution is -2.25. The fourth-order valence-electron chi connectivity index (χ4n) is 5.07. The number of hydrogen-bond acceptors (Lipinski definition) is 2. The summed E-state index contributed by atoms with van der Waals surface area (Å²) in [7, 11) is 0. The van der Waals surface area contributed by atoms with Gasteiger partial charge >= 0.3 is 6.11 Å². The molecule has 0 heterocycles. The number of alkyl halides is 3. The number of rotatable bonds is 10. The van der Waals surface area contributed by atoms with E-state index in [1.165, 1.54) is 12.1 Å². The second kappa shape index (κ2) is 13.6. The zero-order valence-corrected chi connectivity index (χ0v) is 25.0. The Morgan fingerprint density at radius 3 is 1.77 bits per heavy atom. The number of benzene rings is 5. The molecule has 0 bridgehead atoms. The van der Waals surface area contributed by atoms with E-state index in [2.05, 4.69) is 16.4 Å². The van der Waals surface area contributed by atoms with Crippen molar-refractivity contribution in [3.05, 3.63) is 130 Å². The van der Waals surface area contributed by atoms with Gasteiger partial charge < -0.3 is 9.47 Å². The fourth-order valence-corrected chi connectivity index (χ4v) is 5.39. The Balaban J connectivity index is 1.43. The SMILES string of the molecule is CCCc1ccc(-c2ccc(-c3cc(F)c(-c4cc(F)c(C(F)(F)Oc5cc(F)c(OCF)c(F)c5)c(F)c4)c(Cl)c3)c(F)c2)cc1. The molecule has 12 heteroatoms. The standard InChI is InChI=1S/C35H22ClF9O2/c1-2-3-18-4-6-19(7-5-18)20-8-9-24(26(38)11-20)21-10-25(36)32(27(39)12-21)22-13-28(40)33(29(41)14-22)35(44,45)47-23-15-30(42)34(46-17-37)31(43)16-23/h4-16H,2-3,17H2,1H3. The molecule has 0 N–H and O–H groups in total. The van der Waals surface area contributed by atoms with Gasteiger partial charge in [-0.2, -0.15) is 8.78 Å². The van der Waals surface area contributed by atoms with E-state index in [1.54, 1.807) is 6.07 Å². The Hall–Kier alpha value is -4.64. The summed E-state index contributed by atoms with van der Waals surface area (Å²) < 4.78 is 139. The van der Waals surface area contributed by atoms with E-state index in [0.717, 1.165) is 36.1 Å². The first kappa shape index (κ1) is 33.7. The maximum absolute atomic E-state index is 15.4. The number of aryl methyl sites for hydroxylation is 1. The van der Waals surface area contributed by atoms with Crippen molar-refractivity contribution in [3.8, 4) is 44.9 Å². The molecule has 0 unspecified atom stereocenters. The second-order valence-corrected chi connectivity index (χ2v) is 10.8. The van der Waals surface area contributed by atoms with Crippen LogP contribution in [0.5, 0.6) is 11.5 Å². The van der Waals surface area contributed by atoms with Crippen molar-refractivity contribution in [2.75, 3.05) is 6.86 Å². The molecule has 0 saturated carbocycles. The van der Waals surface area contributed by atoms with Crippen molar-refractivity contribution in [2.24, 2.45) is 0 Å². The van der Waals surface area contributed by atoms with Gasteiger partial charge in [-0.25, -0.2) is 30.7 Å². The van der Waals surface area contributed by atoms with Gasteiger partial charge in [-0.05, 0) is 64.6 Å². The van der Waals surface area contributed by atoms with Crippen LogP contribution in [0.3, 0.4) is 0 Å². The molecule has 244 valence electrons. The molecule has 5 rings (SSSR count). The van der Waals surface area contributed by atoms with Crippen molar-refractivity contribution < 1.29 is 49.0 Å². The van der Waals surface area contributed by atoms with E-state index in [1.807, 2.05) is 24.3 Å². The summed E-state index contributed by atoms with van der Waals surface area (Å²) in [5.41, 5.74) is -0.662. The zero-order chi connectivity index (χ0) is 34.0. The molecule has 0 amide bonds. The average Bonchev–Trinajstić information content (AvgIpc) is 2.98. The van der Waals surface area contributed by atoms with Crippen LogP contribution >= 0.6 is 11.6 Å². The van der Waals surface area contributed by atoms with Crippen molar-refractivity contribution in [3.63, 3.8) is 0 Å². The summed E-state index contributed by atoms with van der Waals surface area (Å²) in [6.45, 7) is 0.431. The molecule has 0 saturated heterocycles. The van der Waals surface area contributed by atoms with E-state index < -0.39 is 81.1 Å². The minimum absolute atomic E-state index is 0.00140. The molecule has 0 aliphatic heterocycles. The molecule has 0 radical (unpaired) electrons. The molecule has 0 aliphatic carbocycles. The summed E-state index contributed by atoms with van der Waals surface area (Å²) in [5.74, 6) is -11.3. The van der Waals surface area contributed by atoms with Crippen LogP contribution in [0.4, 0.5) is 39.5 Å². The van der Waals surface area contributed by atoms with E-state index in [4.69, 9.17) is 11.6 Å². The van der Waals surface area contributed by atoms with E-state index in [-0.39, 0.29) is 23.3 Å². The quantitative estimate of drug-likeness (QED) is 0.137. The highest BCUT2D eigenvalue weighted by molar-refractivity contribution is 6.33. The van der Waals surface area contributed by atoms with Gasteiger partial charge in [0.15, 0.2) is 17.4 Å². The Kier molecular flexibility index (Phi) is 9.76. The summed E-state index contributed by atoms with van der Waals surface area (Å²) in [5, 5.41) is -0.411. The third-order valence-electron chi connectivity index (χ3n) is 7.19. The zero-order valence-electron chi connectivity index (χ0n) is 24.2. The van der Waals surface area contributed by atoms with Gasteiger partial charge in [0.2, 0.25) is 6.86 Å². The van der Waals surface area contributed by atoms with E-state index in [0.29, 0.717) is 17.7 Å². The lowest BCUT2D eigenvalue weighted by atomic mass is 9.96. The highest BCUT2D eigenvalue weighted by atomic mass is 35.5. The van der Waals surface area contributed by atoms with Gasteiger partial charge in [0.25, 0.3) is 0 Å². The van der Waals surface area contributed by atoms with Gasteiger partial charge in [-0.1, -0.05) is 61.3 Å². The van der Waals surface area contributed by atoms with Gasteiger partial charge in [0.05, 0.1) is 5.02 Å². The Bertz CT molecular complexity index is 1880. The fraction of sp³-hybridized carbons (Fsp3) is 0.143. The van der Waals surface area contributed by atoms with Gasteiger partial charge in [0, 0.05) is 23.3 Å². The van der Waals surface area contributed by atoms with Crippen LogP contribution in [-0.2, 0) is 12.5 Å². The largest absolute Gasteiger partial charge is 0.457 e. The highest BCUT2D eigenvalue weighted by Crippen LogP contribution is 2.41. The smallest absolute Gasteiger partial charge is 0.432 e. The Labute approximate surface area is 268 Å². The number of hydrogen-bond donors (Lipinski definition) is 0. The predicted molar refractivity (Wildman–Crippen MR) is 159 cm³/mol. The molecule has 0 aromatic heterocycles. The first-order valence-corrected chi connectivity index (χ1v) is 14.3. The number of ether oxygens (including phenoxy) is 2. The van der Waals surface area contributed by atoms with Crippen LogP contribution in [0.2, 0.25) is 5.02 Å². The van der Waals surface area contributed by atoms with Gasteiger partial charge in [-0.15, -0.1) is 0 Å². The molecule has 0 fully saturated rings. The third-order valence-corrected chi connectivity index (χ3v) is 7.48. The van der Waals surface area contributed by atoms with Crippen LogP contribution in [0.15, 0.2) is 78.9 Å². The molecule has 0 atom stereocenters. The van der Waals surface area contributed by atoms with Gasteiger partial charge in [-0.3, -0.25) is 0 Å². The lowest BCUT2D eigenvalue weighted by Gasteiger charge is -2.20. The molecule has 2 nitrogen and oxygen atoms in total.